The molecule has 0 saturated heterocycles. The maximum atomic E-state index is 11.8. The average molecular weight is 390 g/mol. The quantitative estimate of drug-likeness (QED) is 0.501. The van der Waals surface area contributed by atoms with Crippen LogP contribution in [0.4, 0.5) is 11.4 Å². The van der Waals surface area contributed by atoms with E-state index in [0.717, 1.165) is 0 Å². The second-order valence-corrected chi connectivity index (χ2v) is 5.94. The van der Waals surface area contributed by atoms with Crippen LogP contribution in [0.3, 0.4) is 0 Å². The van der Waals surface area contributed by atoms with Crippen LogP contribution in [0.1, 0.15) is 22.5 Å². The molecule has 9 nitrogen and oxygen atoms in total. The SMILES string of the molecule is O=c1nc(/C=C/c2cccc([N+](=O)[O-])c2)cc(/C=C/c2cccc([N+](=O)[O-])c2)[nH]1. The number of nitrogens with zero attached hydrogens (tertiary/aromatic N) is 3. The molecule has 0 atom stereocenters. The van der Waals surface area contributed by atoms with Crippen molar-refractivity contribution in [3.8, 4) is 0 Å². The molecule has 2 aromatic carbocycles. The highest BCUT2D eigenvalue weighted by Crippen LogP contribution is 2.17. The Morgan fingerprint density at radius 3 is 1.90 bits per heavy atom. The number of rotatable bonds is 6. The predicted octanol–water partition coefficient (Wildman–Crippen LogP) is 3.93. The van der Waals surface area contributed by atoms with Crippen LogP contribution in [0.25, 0.3) is 24.3 Å². The molecule has 0 bridgehead atoms. The number of hydrogen-bond acceptors (Lipinski definition) is 6. The van der Waals surface area contributed by atoms with Crippen molar-refractivity contribution >= 4 is 35.7 Å². The fourth-order valence-electron chi connectivity index (χ4n) is 2.52. The molecule has 29 heavy (non-hydrogen) atoms. The van der Waals surface area contributed by atoms with E-state index in [4.69, 9.17) is 0 Å². The summed E-state index contributed by atoms with van der Waals surface area (Å²) in [5, 5.41) is 21.7. The van der Waals surface area contributed by atoms with Crippen LogP contribution in [0.5, 0.6) is 0 Å². The van der Waals surface area contributed by atoms with Gasteiger partial charge >= 0.3 is 5.69 Å². The van der Waals surface area contributed by atoms with Crippen molar-refractivity contribution in [2.75, 3.05) is 0 Å². The molecule has 1 heterocycles. The summed E-state index contributed by atoms with van der Waals surface area (Å²) < 4.78 is 0. The van der Waals surface area contributed by atoms with Crippen LogP contribution in [0, 0.1) is 20.2 Å². The summed E-state index contributed by atoms with van der Waals surface area (Å²) in [6.07, 6.45) is 6.42. The Morgan fingerprint density at radius 1 is 0.793 bits per heavy atom. The number of aromatic amines is 1. The first-order valence-corrected chi connectivity index (χ1v) is 8.37. The Hall–Kier alpha value is -4.40. The van der Waals surface area contributed by atoms with E-state index < -0.39 is 15.5 Å². The predicted molar refractivity (Wildman–Crippen MR) is 109 cm³/mol. The summed E-state index contributed by atoms with van der Waals surface area (Å²) in [5.74, 6) is 0. The molecule has 0 fully saturated rings. The smallest absolute Gasteiger partial charge is 0.306 e. The minimum atomic E-state index is -0.565. The minimum absolute atomic E-state index is 0.0315. The van der Waals surface area contributed by atoms with Gasteiger partial charge in [-0.1, -0.05) is 36.4 Å². The normalized spacial score (nSPS) is 11.2. The summed E-state index contributed by atoms with van der Waals surface area (Å²) in [6.45, 7) is 0. The Balaban J connectivity index is 1.84. The standard InChI is InChI=1S/C20H14N4O5/c25-20-21-16(9-7-14-3-1-5-18(11-14)23(26)27)13-17(22-20)10-8-15-4-2-6-19(12-15)24(28)29/h1-13H,(H,21,22,25)/b9-7+,10-8+. The van der Waals surface area contributed by atoms with E-state index >= 15 is 0 Å². The molecule has 144 valence electrons. The van der Waals surface area contributed by atoms with Crippen LogP contribution < -0.4 is 5.69 Å². The molecule has 0 aliphatic rings. The molecule has 0 amide bonds. The molecule has 0 aliphatic heterocycles. The Kier molecular flexibility index (Phi) is 5.69. The lowest BCUT2D eigenvalue weighted by Crippen LogP contribution is -2.12. The van der Waals surface area contributed by atoms with Gasteiger partial charge in [-0.05, 0) is 29.3 Å². The number of hydrogen-bond donors (Lipinski definition) is 1. The molecule has 1 aromatic heterocycles. The van der Waals surface area contributed by atoms with E-state index in [1.807, 2.05) is 0 Å². The van der Waals surface area contributed by atoms with Crippen molar-refractivity contribution in [2.45, 2.75) is 0 Å². The lowest BCUT2D eigenvalue weighted by atomic mass is 10.1. The maximum absolute atomic E-state index is 11.8. The van der Waals surface area contributed by atoms with E-state index in [-0.39, 0.29) is 11.4 Å². The molecule has 0 spiro atoms. The second kappa shape index (κ2) is 8.53. The molecule has 0 unspecified atom stereocenters. The van der Waals surface area contributed by atoms with Crippen molar-refractivity contribution in [3.63, 3.8) is 0 Å². The highest BCUT2D eigenvalue weighted by Gasteiger charge is 2.05. The van der Waals surface area contributed by atoms with Gasteiger partial charge in [-0.15, -0.1) is 0 Å². The Labute approximate surface area is 164 Å². The van der Waals surface area contributed by atoms with Crippen molar-refractivity contribution in [1.82, 2.24) is 9.97 Å². The summed E-state index contributed by atoms with van der Waals surface area (Å²) in [5.41, 5.74) is 1.38. The van der Waals surface area contributed by atoms with Crippen molar-refractivity contribution < 1.29 is 9.85 Å². The van der Waals surface area contributed by atoms with E-state index in [0.29, 0.717) is 22.5 Å². The first-order valence-electron chi connectivity index (χ1n) is 8.37. The lowest BCUT2D eigenvalue weighted by molar-refractivity contribution is -0.385. The molecule has 0 radical (unpaired) electrons. The topological polar surface area (TPSA) is 132 Å². The third-order valence-electron chi connectivity index (χ3n) is 3.85. The van der Waals surface area contributed by atoms with Gasteiger partial charge in [0.15, 0.2) is 0 Å². The summed E-state index contributed by atoms with van der Waals surface area (Å²) in [7, 11) is 0. The zero-order chi connectivity index (χ0) is 20.8. The van der Waals surface area contributed by atoms with Gasteiger partial charge in [-0.3, -0.25) is 20.2 Å². The van der Waals surface area contributed by atoms with Crippen LogP contribution in [-0.4, -0.2) is 19.8 Å². The number of non-ortho nitro benzene ring substituents is 2. The highest BCUT2D eigenvalue weighted by atomic mass is 16.6. The number of benzene rings is 2. The van der Waals surface area contributed by atoms with Crippen LogP contribution in [0.15, 0.2) is 59.4 Å². The molecule has 0 saturated carbocycles. The lowest BCUT2D eigenvalue weighted by Gasteiger charge is -1.98. The van der Waals surface area contributed by atoms with Gasteiger partial charge in [0.25, 0.3) is 11.4 Å². The zero-order valence-corrected chi connectivity index (χ0v) is 14.9. The first-order chi connectivity index (χ1) is 13.9. The van der Waals surface area contributed by atoms with E-state index in [1.54, 1.807) is 54.6 Å². The third kappa shape index (κ3) is 5.30. The molecule has 1 N–H and O–H groups in total. The minimum Gasteiger partial charge on any atom is -0.306 e. The first kappa shape index (κ1) is 19.4. The maximum Gasteiger partial charge on any atom is 0.345 e. The summed E-state index contributed by atoms with van der Waals surface area (Å²) in [6, 6.07) is 13.7. The monoisotopic (exact) mass is 390 g/mol. The van der Waals surface area contributed by atoms with Crippen LogP contribution in [0.2, 0.25) is 0 Å². The summed E-state index contributed by atoms with van der Waals surface area (Å²) in [4.78, 5) is 38.9. The zero-order valence-electron chi connectivity index (χ0n) is 14.9. The van der Waals surface area contributed by atoms with Gasteiger partial charge in [-0.25, -0.2) is 4.79 Å². The summed E-state index contributed by atoms with van der Waals surface area (Å²) >= 11 is 0. The van der Waals surface area contributed by atoms with E-state index in [1.165, 1.54) is 24.3 Å². The largest absolute Gasteiger partial charge is 0.345 e. The molecular weight excluding hydrogens is 376 g/mol. The van der Waals surface area contributed by atoms with Crippen LogP contribution in [-0.2, 0) is 0 Å². The third-order valence-corrected chi connectivity index (χ3v) is 3.85. The average Bonchev–Trinajstić information content (AvgIpc) is 2.71. The number of nitrogens with one attached hydrogen (secondary N) is 1. The highest BCUT2D eigenvalue weighted by molar-refractivity contribution is 5.72. The van der Waals surface area contributed by atoms with Gasteiger partial charge < -0.3 is 4.98 Å². The van der Waals surface area contributed by atoms with Crippen LogP contribution >= 0.6 is 0 Å². The fourth-order valence-corrected chi connectivity index (χ4v) is 2.52. The number of nitro benzene ring substituents is 2. The number of nitro groups is 2. The van der Waals surface area contributed by atoms with Crippen molar-refractivity contribution in [1.29, 1.82) is 0 Å². The van der Waals surface area contributed by atoms with Gasteiger partial charge in [-0.2, -0.15) is 4.98 Å². The second-order valence-electron chi connectivity index (χ2n) is 5.94. The van der Waals surface area contributed by atoms with Gasteiger partial charge in [0, 0.05) is 30.0 Å². The van der Waals surface area contributed by atoms with E-state index in [9.17, 15) is 25.0 Å². The molecule has 3 aromatic rings. The Bertz CT molecular complexity index is 1110. The Morgan fingerprint density at radius 2 is 1.34 bits per heavy atom. The number of H-pyrrole nitrogens is 1. The van der Waals surface area contributed by atoms with Gasteiger partial charge in [0.1, 0.15) is 0 Å². The number of aromatic nitrogens is 2. The fraction of sp³-hybridized carbons (Fsp3) is 0. The van der Waals surface area contributed by atoms with Crippen molar-refractivity contribution in [2.24, 2.45) is 0 Å². The van der Waals surface area contributed by atoms with Gasteiger partial charge in [0.05, 0.1) is 15.5 Å². The molecule has 3 rings (SSSR count). The molecule has 0 aliphatic carbocycles. The van der Waals surface area contributed by atoms with Gasteiger partial charge in [0.2, 0.25) is 0 Å². The van der Waals surface area contributed by atoms with E-state index in [2.05, 4.69) is 9.97 Å². The molecular formula is C20H14N4O5. The molecule has 9 heteroatoms. The van der Waals surface area contributed by atoms with Crippen molar-refractivity contribution in [3.05, 3.63) is 108 Å².